The molecule has 6 nitrogen and oxygen atoms in total. The number of ketones is 1. The largest absolute Gasteiger partial charge is 0.375 e. The van der Waals surface area contributed by atoms with Gasteiger partial charge in [-0.05, 0) is 44.7 Å². The smallest absolute Gasteiger partial charge is 0.293 e. The third-order valence-electron chi connectivity index (χ3n) is 5.30. The molecule has 0 aromatic heterocycles. The first-order valence-corrected chi connectivity index (χ1v) is 9.24. The maximum Gasteiger partial charge on any atom is 0.293 e. The minimum atomic E-state index is -0.396. The number of Topliss-reactive ketones (excluding diaryl/α,β-unsaturated/α-hetero) is 1. The Bertz CT molecular complexity index is 632. The Morgan fingerprint density at radius 2 is 1.76 bits per heavy atom. The van der Waals surface area contributed by atoms with Gasteiger partial charge in [-0.2, -0.15) is 0 Å². The zero-order valence-corrected chi connectivity index (χ0v) is 14.8. The second-order valence-corrected chi connectivity index (χ2v) is 7.10. The van der Waals surface area contributed by atoms with Gasteiger partial charge in [0, 0.05) is 24.7 Å². The van der Waals surface area contributed by atoms with Crippen molar-refractivity contribution in [1.29, 1.82) is 0 Å². The summed E-state index contributed by atoms with van der Waals surface area (Å²) in [6.07, 6.45) is 8.61. The maximum atomic E-state index is 11.5. The molecule has 0 bridgehead atoms. The minimum Gasteiger partial charge on any atom is -0.375 e. The number of benzene rings is 1. The van der Waals surface area contributed by atoms with Crippen LogP contribution in [0.25, 0.3) is 0 Å². The lowest BCUT2D eigenvalue weighted by Gasteiger charge is -2.35. The van der Waals surface area contributed by atoms with Crippen LogP contribution in [0.4, 0.5) is 11.4 Å². The first-order valence-electron chi connectivity index (χ1n) is 9.24. The molecule has 1 aliphatic heterocycles. The number of piperidine rings is 1. The van der Waals surface area contributed by atoms with E-state index in [0.29, 0.717) is 17.4 Å². The molecular formula is C19H26N2O4. The van der Waals surface area contributed by atoms with Crippen LogP contribution >= 0.6 is 0 Å². The third kappa shape index (κ3) is 4.37. The van der Waals surface area contributed by atoms with Gasteiger partial charge in [-0.3, -0.25) is 14.9 Å². The first-order chi connectivity index (χ1) is 12.0. The van der Waals surface area contributed by atoms with Crippen LogP contribution in [-0.2, 0) is 4.74 Å². The molecule has 0 spiro atoms. The number of nitrogens with zero attached hydrogens (tertiary/aromatic N) is 2. The quantitative estimate of drug-likeness (QED) is 0.456. The van der Waals surface area contributed by atoms with Gasteiger partial charge >= 0.3 is 0 Å². The maximum absolute atomic E-state index is 11.5. The van der Waals surface area contributed by atoms with E-state index in [1.54, 1.807) is 12.1 Å². The number of nitro benzene ring substituents is 1. The zero-order chi connectivity index (χ0) is 17.8. The highest BCUT2D eigenvalue weighted by atomic mass is 16.6. The van der Waals surface area contributed by atoms with Crippen molar-refractivity contribution in [3.63, 3.8) is 0 Å². The summed E-state index contributed by atoms with van der Waals surface area (Å²) >= 11 is 0. The van der Waals surface area contributed by atoms with Crippen LogP contribution in [0, 0.1) is 10.1 Å². The van der Waals surface area contributed by atoms with Crippen molar-refractivity contribution in [2.75, 3.05) is 18.0 Å². The fourth-order valence-corrected chi connectivity index (χ4v) is 3.86. The van der Waals surface area contributed by atoms with Crippen molar-refractivity contribution in [3.8, 4) is 0 Å². The van der Waals surface area contributed by atoms with Crippen molar-refractivity contribution in [2.24, 2.45) is 0 Å². The molecule has 0 N–H and O–H groups in total. The summed E-state index contributed by atoms with van der Waals surface area (Å²) in [6.45, 7) is 2.92. The van der Waals surface area contributed by atoms with E-state index >= 15 is 0 Å². The summed E-state index contributed by atoms with van der Waals surface area (Å²) in [5.74, 6) is -0.158. The molecule has 0 unspecified atom stereocenters. The summed E-state index contributed by atoms with van der Waals surface area (Å²) in [5.41, 5.74) is 0.997. The number of rotatable bonds is 5. The van der Waals surface area contributed by atoms with Crippen LogP contribution in [-0.4, -0.2) is 36.0 Å². The molecule has 2 aliphatic rings. The molecule has 1 aromatic carbocycles. The van der Waals surface area contributed by atoms with Gasteiger partial charge in [-0.1, -0.05) is 19.3 Å². The molecule has 1 aliphatic carbocycles. The van der Waals surface area contributed by atoms with Crippen molar-refractivity contribution >= 4 is 17.2 Å². The highest BCUT2D eigenvalue weighted by Gasteiger charge is 2.27. The summed E-state index contributed by atoms with van der Waals surface area (Å²) in [5, 5.41) is 11.4. The number of carbonyl (C=O) groups excluding carboxylic acids is 1. The molecule has 6 heteroatoms. The van der Waals surface area contributed by atoms with Gasteiger partial charge in [0.05, 0.1) is 17.1 Å². The van der Waals surface area contributed by atoms with E-state index < -0.39 is 4.92 Å². The molecular weight excluding hydrogens is 320 g/mol. The van der Waals surface area contributed by atoms with Crippen molar-refractivity contribution in [1.82, 2.24) is 0 Å². The molecule has 0 radical (unpaired) electrons. The summed E-state index contributed by atoms with van der Waals surface area (Å²) in [6, 6.07) is 4.77. The van der Waals surface area contributed by atoms with Crippen LogP contribution < -0.4 is 4.90 Å². The lowest BCUT2D eigenvalue weighted by atomic mass is 9.97. The van der Waals surface area contributed by atoms with E-state index in [4.69, 9.17) is 4.74 Å². The van der Waals surface area contributed by atoms with Gasteiger partial charge in [0.2, 0.25) is 0 Å². The molecule has 1 saturated carbocycles. The lowest BCUT2D eigenvalue weighted by molar-refractivity contribution is -0.384. The Morgan fingerprint density at radius 1 is 1.12 bits per heavy atom. The number of anilines is 1. The van der Waals surface area contributed by atoms with Crippen LogP contribution in [0.2, 0.25) is 0 Å². The molecule has 136 valence electrons. The number of hydrogen-bond donors (Lipinski definition) is 0. The minimum absolute atomic E-state index is 0.0133. The Morgan fingerprint density at radius 3 is 2.36 bits per heavy atom. The second-order valence-electron chi connectivity index (χ2n) is 7.10. The molecule has 1 aromatic rings. The van der Waals surface area contributed by atoms with Crippen LogP contribution in [0.1, 0.15) is 62.2 Å². The molecule has 25 heavy (non-hydrogen) atoms. The van der Waals surface area contributed by atoms with E-state index in [1.807, 2.05) is 4.90 Å². The van der Waals surface area contributed by atoms with Crippen molar-refractivity contribution in [2.45, 2.75) is 64.1 Å². The lowest BCUT2D eigenvalue weighted by Crippen LogP contribution is -2.39. The molecule has 1 heterocycles. The van der Waals surface area contributed by atoms with E-state index in [0.717, 1.165) is 38.8 Å². The predicted octanol–water partition coefficient (Wildman–Crippen LogP) is 4.12. The van der Waals surface area contributed by atoms with Gasteiger partial charge < -0.3 is 9.64 Å². The average molecular weight is 346 g/mol. The number of hydrogen-bond acceptors (Lipinski definition) is 5. The SMILES string of the molecule is CC(=O)c1ccc(N2CCC(OC3CCCCC3)CC2)c([N+](=O)[O-])c1. The zero-order valence-electron chi connectivity index (χ0n) is 14.8. The van der Waals surface area contributed by atoms with Crippen LogP contribution in [0.15, 0.2) is 18.2 Å². The van der Waals surface area contributed by atoms with E-state index in [-0.39, 0.29) is 17.6 Å². The number of ether oxygens (including phenoxy) is 1. The van der Waals surface area contributed by atoms with Gasteiger partial charge in [0.25, 0.3) is 5.69 Å². The van der Waals surface area contributed by atoms with E-state index in [9.17, 15) is 14.9 Å². The summed E-state index contributed by atoms with van der Waals surface area (Å²) in [7, 11) is 0. The molecule has 0 amide bonds. The van der Waals surface area contributed by atoms with Gasteiger partial charge in [-0.15, -0.1) is 0 Å². The Hall–Kier alpha value is -1.95. The standard InChI is InChI=1S/C19H26N2O4/c1-14(22)15-7-8-18(19(13-15)21(23)24)20-11-9-17(10-12-20)25-16-5-3-2-4-6-16/h7-8,13,16-17H,2-6,9-12H2,1H3. The Balaban J connectivity index is 1.64. The fraction of sp³-hybridized carbons (Fsp3) is 0.632. The first kappa shape index (κ1) is 17.9. The number of nitro groups is 1. The average Bonchev–Trinajstić information content (AvgIpc) is 2.62. The highest BCUT2D eigenvalue weighted by Crippen LogP contribution is 2.32. The topological polar surface area (TPSA) is 72.7 Å². The van der Waals surface area contributed by atoms with Crippen molar-refractivity contribution in [3.05, 3.63) is 33.9 Å². The Labute approximate surface area is 148 Å². The van der Waals surface area contributed by atoms with Crippen LogP contribution in [0.3, 0.4) is 0 Å². The van der Waals surface area contributed by atoms with Gasteiger partial charge in [-0.25, -0.2) is 0 Å². The Kier molecular flexibility index (Phi) is 5.68. The van der Waals surface area contributed by atoms with E-state index in [2.05, 4.69) is 0 Å². The van der Waals surface area contributed by atoms with E-state index in [1.165, 1.54) is 32.3 Å². The van der Waals surface area contributed by atoms with Gasteiger partial charge in [0.15, 0.2) is 5.78 Å². The summed E-state index contributed by atoms with van der Waals surface area (Å²) < 4.78 is 6.24. The fourth-order valence-electron chi connectivity index (χ4n) is 3.86. The highest BCUT2D eigenvalue weighted by molar-refractivity contribution is 5.95. The molecule has 0 atom stereocenters. The summed E-state index contributed by atoms with van der Waals surface area (Å²) in [4.78, 5) is 24.5. The third-order valence-corrected chi connectivity index (χ3v) is 5.30. The predicted molar refractivity (Wildman–Crippen MR) is 96.3 cm³/mol. The monoisotopic (exact) mass is 346 g/mol. The molecule has 2 fully saturated rings. The molecule has 1 saturated heterocycles. The second kappa shape index (κ2) is 7.95. The number of carbonyl (C=O) groups is 1. The van der Waals surface area contributed by atoms with Crippen LogP contribution in [0.5, 0.6) is 0 Å². The normalized spacial score (nSPS) is 19.8. The van der Waals surface area contributed by atoms with Gasteiger partial charge in [0.1, 0.15) is 5.69 Å². The van der Waals surface area contributed by atoms with Crippen molar-refractivity contribution < 1.29 is 14.5 Å². The molecule has 3 rings (SSSR count).